The minimum atomic E-state index is -0.571. The topological polar surface area (TPSA) is 77.4 Å². The van der Waals surface area contributed by atoms with Gasteiger partial charge in [-0.2, -0.15) is 0 Å². The highest BCUT2D eigenvalue weighted by Crippen LogP contribution is 2.46. The Hall–Kier alpha value is -2.86. The lowest BCUT2D eigenvalue weighted by Crippen LogP contribution is -2.21. The molecular formula is C25H32O6. The van der Waals surface area contributed by atoms with Crippen LogP contribution in [-0.4, -0.2) is 36.6 Å². The van der Waals surface area contributed by atoms with Gasteiger partial charge in [0.05, 0.1) is 26.4 Å². The highest BCUT2D eigenvalue weighted by Gasteiger charge is 2.30. The van der Waals surface area contributed by atoms with Gasteiger partial charge in [0, 0.05) is 35.6 Å². The Morgan fingerprint density at radius 3 is 2.32 bits per heavy atom. The lowest BCUT2D eigenvalue weighted by molar-refractivity contribution is 0.123. The van der Waals surface area contributed by atoms with Crippen LogP contribution in [0.1, 0.15) is 44.4 Å². The average Bonchev–Trinajstić information content (AvgIpc) is 2.76. The lowest BCUT2D eigenvalue weighted by Gasteiger charge is -2.28. The molecule has 0 saturated carbocycles. The van der Waals surface area contributed by atoms with Gasteiger partial charge in [-0.25, -0.2) is 0 Å². The number of aromatic hydroxyl groups is 1. The number of ether oxygens (including phenoxy) is 4. The number of allylic oxidation sites excluding steroid dienone is 1. The van der Waals surface area contributed by atoms with Crippen LogP contribution in [0.3, 0.4) is 0 Å². The second-order valence-corrected chi connectivity index (χ2v) is 7.82. The third-order valence-corrected chi connectivity index (χ3v) is 5.37. The highest BCUT2D eigenvalue weighted by molar-refractivity contribution is 5.71. The van der Waals surface area contributed by atoms with Crippen molar-refractivity contribution in [3.8, 4) is 23.0 Å². The molecule has 0 bridgehead atoms. The number of methoxy groups -OCH3 is 1. The van der Waals surface area contributed by atoms with E-state index >= 15 is 0 Å². The summed E-state index contributed by atoms with van der Waals surface area (Å²) in [5.41, 5.74) is 2.22. The van der Waals surface area contributed by atoms with Crippen LogP contribution in [0.2, 0.25) is 0 Å². The van der Waals surface area contributed by atoms with Gasteiger partial charge >= 0.3 is 0 Å². The van der Waals surface area contributed by atoms with Crippen molar-refractivity contribution >= 4 is 5.76 Å². The standard InChI is InChI=1S/C25H32O6/c1-6-29-22-14-21(27)18-13-23(30-7-2)24(16-8-10-17(28-5)11-9-16)31-25(18)19(22)12-20(26)15(3)4/h8-11,14-15,20,26-27H,6-7,12-13H2,1-5H3. The normalized spacial score (nSPS) is 14.2. The van der Waals surface area contributed by atoms with Gasteiger partial charge < -0.3 is 29.2 Å². The van der Waals surface area contributed by atoms with E-state index in [9.17, 15) is 10.2 Å². The predicted molar refractivity (Wildman–Crippen MR) is 120 cm³/mol. The molecule has 1 heterocycles. The summed E-state index contributed by atoms with van der Waals surface area (Å²) < 4.78 is 23.3. The smallest absolute Gasteiger partial charge is 0.172 e. The van der Waals surface area contributed by atoms with Crippen molar-refractivity contribution in [1.82, 2.24) is 0 Å². The van der Waals surface area contributed by atoms with Gasteiger partial charge in [-0.05, 0) is 44.0 Å². The molecule has 0 spiro atoms. The van der Waals surface area contributed by atoms with Gasteiger partial charge in [0.25, 0.3) is 0 Å². The van der Waals surface area contributed by atoms with Crippen molar-refractivity contribution in [1.29, 1.82) is 0 Å². The van der Waals surface area contributed by atoms with Gasteiger partial charge in [-0.3, -0.25) is 0 Å². The first-order chi connectivity index (χ1) is 14.9. The number of aliphatic hydroxyl groups excluding tert-OH is 1. The molecule has 6 nitrogen and oxygen atoms in total. The van der Waals surface area contributed by atoms with Crippen molar-refractivity contribution in [3.05, 3.63) is 52.8 Å². The van der Waals surface area contributed by atoms with Crippen LogP contribution in [0.15, 0.2) is 36.1 Å². The van der Waals surface area contributed by atoms with Crippen molar-refractivity contribution in [2.45, 2.75) is 46.6 Å². The van der Waals surface area contributed by atoms with Crippen LogP contribution >= 0.6 is 0 Å². The summed E-state index contributed by atoms with van der Waals surface area (Å²) in [6.07, 6.45) is 0.168. The number of rotatable bonds is 9. The molecule has 6 heteroatoms. The maximum atomic E-state index is 10.7. The summed E-state index contributed by atoms with van der Waals surface area (Å²) >= 11 is 0. The van der Waals surface area contributed by atoms with E-state index in [1.54, 1.807) is 13.2 Å². The van der Waals surface area contributed by atoms with Crippen LogP contribution in [0.5, 0.6) is 23.0 Å². The zero-order valence-corrected chi connectivity index (χ0v) is 18.9. The number of hydrogen-bond donors (Lipinski definition) is 2. The molecule has 0 saturated heterocycles. The first-order valence-electron chi connectivity index (χ1n) is 10.8. The lowest BCUT2D eigenvalue weighted by atomic mass is 9.93. The van der Waals surface area contributed by atoms with Crippen molar-refractivity contribution in [2.75, 3.05) is 20.3 Å². The molecule has 2 aromatic rings. The van der Waals surface area contributed by atoms with Crippen LogP contribution in [0.4, 0.5) is 0 Å². The third kappa shape index (κ3) is 4.90. The molecule has 168 valence electrons. The molecule has 0 fully saturated rings. The number of hydrogen-bond acceptors (Lipinski definition) is 6. The van der Waals surface area contributed by atoms with Gasteiger partial charge in [-0.1, -0.05) is 13.8 Å². The van der Waals surface area contributed by atoms with Crippen LogP contribution in [0, 0.1) is 5.92 Å². The molecule has 3 rings (SSSR count). The van der Waals surface area contributed by atoms with Crippen LogP contribution in [0.25, 0.3) is 5.76 Å². The fourth-order valence-corrected chi connectivity index (χ4v) is 3.58. The number of aliphatic hydroxyl groups is 1. The summed E-state index contributed by atoms with van der Waals surface area (Å²) in [5, 5.41) is 21.3. The van der Waals surface area contributed by atoms with E-state index in [0.717, 1.165) is 16.9 Å². The van der Waals surface area contributed by atoms with E-state index in [-0.39, 0.29) is 11.7 Å². The summed E-state index contributed by atoms with van der Waals surface area (Å²) in [6.45, 7) is 8.65. The molecule has 1 aliphatic heterocycles. The third-order valence-electron chi connectivity index (χ3n) is 5.37. The quantitative estimate of drug-likeness (QED) is 0.603. The molecular weight excluding hydrogens is 396 g/mol. The van der Waals surface area contributed by atoms with Gasteiger partial charge in [-0.15, -0.1) is 0 Å². The molecule has 1 aliphatic rings. The van der Waals surface area contributed by atoms with Gasteiger partial charge in [0.15, 0.2) is 5.76 Å². The van der Waals surface area contributed by atoms with Crippen molar-refractivity contribution in [3.63, 3.8) is 0 Å². The minimum Gasteiger partial charge on any atom is -0.507 e. The van der Waals surface area contributed by atoms with Gasteiger partial charge in [0.2, 0.25) is 0 Å². The van der Waals surface area contributed by atoms with Crippen molar-refractivity contribution in [2.24, 2.45) is 5.92 Å². The fourth-order valence-electron chi connectivity index (χ4n) is 3.58. The van der Waals surface area contributed by atoms with E-state index in [4.69, 9.17) is 18.9 Å². The summed E-state index contributed by atoms with van der Waals surface area (Å²) in [6, 6.07) is 9.15. The maximum absolute atomic E-state index is 10.7. The summed E-state index contributed by atoms with van der Waals surface area (Å²) in [4.78, 5) is 0. The molecule has 2 N–H and O–H groups in total. The second kappa shape index (κ2) is 9.96. The summed E-state index contributed by atoms with van der Waals surface area (Å²) in [7, 11) is 1.62. The Balaban J connectivity index is 2.12. The zero-order valence-electron chi connectivity index (χ0n) is 18.9. The van der Waals surface area contributed by atoms with E-state index in [0.29, 0.717) is 54.6 Å². The van der Waals surface area contributed by atoms with E-state index in [1.165, 1.54) is 0 Å². The first-order valence-corrected chi connectivity index (χ1v) is 10.8. The zero-order chi connectivity index (χ0) is 22.5. The number of phenols is 1. The Kier molecular flexibility index (Phi) is 7.33. The Morgan fingerprint density at radius 2 is 1.74 bits per heavy atom. The number of fused-ring (bicyclic) bond motifs is 1. The molecule has 1 unspecified atom stereocenters. The SMILES string of the molecule is CCOC1=C(c2ccc(OC)cc2)Oc2c(c(O)cc(OCC)c2CC(O)C(C)C)C1. The highest BCUT2D eigenvalue weighted by atomic mass is 16.5. The van der Waals surface area contributed by atoms with Crippen LogP contribution in [-0.2, 0) is 17.6 Å². The first kappa shape index (κ1) is 22.8. The van der Waals surface area contributed by atoms with E-state index < -0.39 is 6.10 Å². The van der Waals surface area contributed by atoms with Crippen LogP contribution < -0.4 is 14.2 Å². The molecule has 0 amide bonds. The second-order valence-electron chi connectivity index (χ2n) is 7.82. The average molecular weight is 429 g/mol. The Bertz CT molecular complexity index is 930. The molecule has 1 atom stereocenters. The van der Waals surface area contributed by atoms with Crippen molar-refractivity contribution < 1.29 is 29.2 Å². The maximum Gasteiger partial charge on any atom is 0.172 e. The Morgan fingerprint density at radius 1 is 1.06 bits per heavy atom. The molecule has 0 aliphatic carbocycles. The largest absolute Gasteiger partial charge is 0.507 e. The van der Waals surface area contributed by atoms with E-state index in [1.807, 2.05) is 52.0 Å². The predicted octanol–water partition coefficient (Wildman–Crippen LogP) is 4.70. The number of phenolic OH excluding ortho intramolecular Hbond substituents is 1. The summed E-state index contributed by atoms with van der Waals surface area (Å²) in [5.74, 6) is 3.19. The van der Waals surface area contributed by atoms with E-state index in [2.05, 4.69) is 0 Å². The fraction of sp³-hybridized carbons (Fsp3) is 0.440. The number of benzene rings is 2. The molecule has 2 aromatic carbocycles. The molecule has 0 radical (unpaired) electrons. The minimum absolute atomic E-state index is 0.0677. The molecule has 0 aromatic heterocycles. The monoisotopic (exact) mass is 428 g/mol. The van der Waals surface area contributed by atoms with Gasteiger partial charge in [0.1, 0.15) is 28.8 Å². The molecule has 31 heavy (non-hydrogen) atoms. The Labute approximate surface area is 184 Å².